The minimum Gasteiger partial charge on any atom is -0.495 e. The molecule has 2 aromatic rings. The van der Waals surface area contributed by atoms with Crippen LogP contribution in [0.2, 0.25) is 5.02 Å². The Morgan fingerprint density at radius 1 is 1.26 bits per heavy atom. The van der Waals surface area contributed by atoms with Gasteiger partial charge in [0.1, 0.15) is 5.75 Å². The Balaban J connectivity index is 2.18. The van der Waals surface area contributed by atoms with E-state index in [9.17, 15) is 18.5 Å². The molecule has 0 bridgehead atoms. The lowest BCUT2D eigenvalue weighted by Crippen LogP contribution is -2.15. The summed E-state index contributed by atoms with van der Waals surface area (Å²) in [4.78, 5) is 10.1. The molecule has 7 nitrogen and oxygen atoms in total. The number of hydrogen-bond donors (Lipinski definition) is 1. The van der Waals surface area contributed by atoms with Gasteiger partial charge < -0.3 is 4.74 Å². The highest BCUT2D eigenvalue weighted by molar-refractivity contribution is 7.91. The van der Waals surface area contributed by atoms with Gasteiger partial charge in [-0.15, -0.1) is 0 Å². The van der Waals surface area contributed by atoms with Crippen molar-refractivity contribution < 1.29 is 18.1 Å². The maximum Gasteiger partial charge on any atom is 0.269 e. The minimum atomic E-state index is -3.74. The number of benzene rings is 2. The summed E-state index contributed by atoms with van der Waals surface area (Å²) in [6, 6.07) is 9.93. The van der Waals surface area contributed by atoms with Crippen molar-refractivity contribution in [3.63, 3.8) is 0 Å². The summed E-state index contributed by atoms with van der Waals surface area (Å²) in [6.07, 6.45) is 0. The summed E-state index contributed by atoms with van der Waals surface area (Å²) in [7, 11) is -2.29. The number of halogens is 1. The van der Waals surface area contributed by atoms with Crippen LogP contribution in [-0.4, -0.2) is 20.5 Å². The smallest absolute Gasteiger partial charge is 0.269 e. The van der Waals surface area contributed by atoms with Crippen molar-refractivity contribution in [2.75, 3.05) is 11.8 Å². The molecule has 0 aliphatic rings. The van der Waals surface area contributed by atoms with Gasteiger partial charge in [0.05, 0.1) is 28.5 Å². The molecule has 0 fully saturated rings. The molecule has 122 valence electrons. The first kappa shape index (κ1) is 17.0. The van der Waals surface area contributed by atoms with E-state index in [1.54, 1.807) is 0 Å². The number of rotatable bonds is 6. The summed E-state index contributed by atoms with van der Waals surface area (Å²) < 4.78 is 31.7. The first-order chi connectivity index (χ1) is 10.8. The van der Waals surface area contributed by atoms with Crippen LogP contribution in [0.3, 0.4) is 0 Å². The molecule has 1 N–H and O–H groups in total. The number of methoxy groups -OCH3 is 1. The number of ether oxygens (including phenoxy) is 1. The number of anilines is 1. The van der Waals surface area contributed by atoms with E-state index < -0.39 is 20.7 Å². The zero-order valence-electron chi connectivity index (χ0n) is 12.0. The summed E-state index contributed by atoms with van der Waals surface area (Å²) in [5.41, 5.74) is 0.428. The summed E-state index contributed by atoms with van der Waals surface area (Å²) >= 11 is 5.94. The molecule has 2 aromatic carbocycles. The van der Waals surface area contributed by atoms with Crippen LogP contribution in [0.1, 0.15) is 5.56 Å². The van der Waals surface area contributed by atoms with E-state index in [1.165, 1.54) is 49.6 Å². The average molecular weight is 357 g/mol. The van der Waals surface area contributed by atoms with Gasteiger partial charge in [0, 0.05) is 12.1 Å². The number of nitro benzene ring substituents is 1. The van der Waals surface area contributed by atoms with E-state index in [0.717, 1.165) is 0 Å². The van der Waals surface area contributed by atoms with Crippen LogP contribution < -0.4 is 9.46 Å². The maximum absolute atomic E-state index is 12.2. The molecule has 23 heavy (non-hydrogen) atoms. The van der Waals surface area contributed by atoms with Crippen molar-refractivity contribution in [1.29, 1.82) is 0 Å². The van der Waals surface area contributed by atoms with Gasteiger partial charge in [-0.25, -0.2) is 8.42 Å². The monoisotopic (exact) mass is 356 g/mol. The summed E-state index contributed by atoms with van der Waals surface area (Å²) in [6.45, 7) is 0. The SMILES string of the molecule is COc1ccc(NS(=O)(=O)Cc2cccc([N+](=O)[O-])c2)cc1Cl. The number of sulfonamides is 1. The van der Waals surface area contributed by atoms with Crippen molar-refractivity contribution in [3.8, 4) is 5.75 Å². The lowest BCUT2D eigenvalue weighted by Gasteiger charge is -2.10. The van der Waals surface area contributed by atoms with E-state index in [2.05, 4.69) is 4.72 Å². The van der Waals surface area contributed by atoms with Crippen molar-refractivity contribution in [2.45, 2.75) is 5.75 Å². The number of non-ortho nitro benzene ring substituents is 1. The van der Waals surface area contributed by atoms with Gasteiger partial charge in [-0.3, -0.25) is 14.8 Å². The first-order valence-corrected chi connectivity index (χ1v) is 8.41. The second kappa shape index (κ2) is 6.84. The van der Waals surface area contributed by atoms with Gasteiger partial charge in [0.25, 0.3) is 5.69 Å². The maximum atomic E-state index is 12.2. The Bertz CT molecular complexity index is 839. The molecule has 0 saturated carbocycles. The molecule has 0 saturated heterocycles. The number of hydrogen-bond acceptors (Lipinski definition) is 5. The van der Waals surface area contributed by atoms with Crippen molar-refractivity contribution in [1.82, 2.24) is 0 Å². The van der Waals surface area contributed by atoms with Gasteiger partial charge in [0.2, 0.25) is 10.0 Å². The standard InChI is InChI=1S/C14H13ClN2O5S/c1-22-14-6-5-11(8-13(14)15)16-23(20,21)9-10-3-2-4-12(7-10)17(18)19/h2-8,16H,9H2,1H3. The topological polar surface area (TPSA) is 98.5 Å². The zero-order valence-corrected chi connectivity index (χ0v) is 13.6. The summed E-state index contributed by atoms with van der Waals surface area (Å²) in [5, 5.41) is 11.0. The Hall–Kier alpha value is -2.32. The minimum absolute atomic E-state index is 0.162. The van der Waals surface area contributed by atoms with Crippen LogP contribution in [0.15, 0.2) is 42.5 Å². The first-order valence-electron chi connectivity index (χ1n) is 6.38. The average Bonchev–Trinajstić information content (AvgIpc) is 2.46. The van der Waals surface area contributed by atoms with Crippen LogP contribution in [0.5, 0.6) is 5.75 Å². The van der Waals surface area contributed by atoms with Gasteiger partial charge in [0.15, 0.2) is 0 Å². The number of nitrogens with zero attached hydrogens (tertiary/aromatic N) is 1. The molecule has 0 heterocycles. The van der Waals surface area contributed by atoms with E-state index in [1.807, 2.05) is 0 Å². The fourth-order valence-electron chi connectivity index (χ4n) is 1.92. The van der Waals surface area contributed by atoms with Crippen LogP contribution in [0.4, 0.5) is 11.4 Å². The largest absolute Gasteiger partial charge is 0.495 e. The molecule has 0 aliphatic heterocycles. The predicted molar refractivity (Wildman–Crippen MR) is 87.3 cm³/mol. The third kappa shape index (κ3) is 4.57. The predicted octanol–water partition coefficient (Wildman–Crippen LogP) is 3.20. The molecule has 0 spiro atoms. The van der Waals surface area contributed by atoms with E-state index in [-0.39, 0.29) is 16.4 Å². The molecule has 0 radical (unpaired) electrons. The second-order valence-corrected chi connectivity index (χ2v) is 6.77. The van der Waals surface area contributed by atoms with Gasteiger partial charge >= 0.3 is 0 Å². The van der Waals surface area contributed by atoms with Crippen molar-refractivity contribution >= 4 is 33.0 Å². The highest BCUT2D eigenvalue weighted by Crippen LogP contribution is 2.28. The van der Waals surface area contributed by atoms with Crippen LogP contribution >= 0.6 is 11.6 Å². The molecule has 9 heteroatoms. The molecular weight excluding hydrogens is 344 g/mol. The third-order valence-electron chi connectivity index (χ3n) is 2.90. The van der Waals surface area contributed by atoms with Gasteiger partial charge in [-0.1, -0.05) is 23.7 Å². The Kier molecular flexibility index (Phi) is 5.07. The van der Waals surface area contributed by atoms with Crippen LogP contribution in [0.25, 0.3) is 0 Å². The van der Waals surface area contributed by atoms with Gasteiger partial charge in [-0.2, -0.15) is 0 Å². The van der Waals surface area contributed by atoms with E-state index in [4.69, 9.17) is 16.3 Å². The van der Waals surface area contributed by atoms with Crippen molar-refractivity contribution in [3.05, 3.63) is 63.2 Å². The normalized spacial score (nSPS) is 11.0. The molecular formula is C14H13ClN2O5S. The fraction of sp³-hybridized carbons (Fsp3) is 0.143. The Morgan fingerprint density at radius 3 is 2.61 bits per heavy atom. The fourth-order valence-corrected chi connectivity index (χ4v) is 3.36. The summed E-state index contributed by atoms with van der Waals surface area (Å²) in [5.74, 6) is 0.0338. The quantitative estimate of drug-likeness (QED) is 0.633. The molecule has 0 atom stereocenters. The van der Waals surface area contributed by atoms with Crippen LogP contribution in [0, 0.1) is 10.1 Å². The second-order valence-electron chi connectivity index (χ2n) is 4.64. The highest BCUT2D eigenvalue weighted by Gasteiger charge is 2.15. The van der Waals surface area contributed by atoms with E-state index >= 15 is 0 Å². The lowest BCUT2D eigenvalue weighted by atomic mass is 10.2. The van der Waals surface area contributed by atoms with E-state index in [0.29, 0.717) is 11.3 Å². The highest BCUT2D eigenvalue weighted by atomic mass is 35.5. The molecule has 0 amide bonds. The Labute approximate surface area is 138 Å². The van der Waals surface area contributed by atoms with Crippen LogP contribution in [-0.2, 0) is 15.8 Å². The number of nitro groups is 1. The molecule has 0 unspecified atom stereocenters. The molecule has 0 aliphatic carbocycles. The Morgan fingerprint density at radius 2 is 2.00 bits per heavy atom. The lowest BCUT2D eigenvalue weighted by molar-refractivity contribution is -0.384. The number of nitrogens with one attached hydrogen (secondary N) is 1. The zero-order chi connectivity index (χ0) is 17.0. The molecule has 2 rings (SSSR count). The molecule has 0 aromatic heterocycles. The third-order valence-corrected chi connectivity index (χ3v) is 4.46. The van der Waals surface area contributed by atoms with Crippen molar-refractivity contribution in [2.24, 2.45) is 0 Å². The van der Waals surface area contributed by atoms with Gasteiger partial charge in [-0.05, 0) is 23.8 Å².